The number of rotatable bonds is 8. The van der Waals surface area contributed by atoms with Gasteiger partial charge in [0, 0.05) is 44.5 Å². The average Bonchev–Trinajstić information content (AvgIpc) is 3.09. The summed E-state index contributed by atoms with van der Waals surface area (Å²) in [7, 11) is 1.71. The fourth-order valence-corrected chi connectivity index (χ4v) is 3.92. The SMILES string of the molecule is CN=C(NCCCCn1ccnc1C)NCC1(c2cccc(C(F)(F)F)c2)CCC1. The Balaban J connectivity index is 1.49. The van der Waals surface area contributed by atoms with Gasteiger partial charge in [-0.05, 0) is 44.2 Å². The van der Waals surface area contributed by atoms with Gasteiger partial charge in [-0.25, -0.2) is 4.98 Å². The molecule has 0 bridgehead atoms. The first kappa shape index (κ1) is 22.2. The van der Waals surface area contributed by atoms with Crippen LogP contribution in [0, 0.1) is 6.92 Å². The van der Waals surface area contributed by atoms with Gasteiger partial charge >= 0.3 is 6.18 Å². The molecule has 0 atom stereocenters. The monoisotopic (exact) mass is 421 g/mol. The number of benzene rings is 1. The molecule has 164 valence electrons. The smallest absolute Gasteiger partial charge is 0.356 e. The second-order valence-corrected chi connectivity index (χ2v) is 7.94. The van der Waals surface area contributed by atoms with Crippen LogP contribution in [0.1, 0.15) is 49.1 Å². The summed E-state index contributed by atoms with van der Waals surface area (Å²) in [5.41, 5.74) is -0.0955. The molecule has 1 heterocycles. The number of unbranched alkanes of at least 4 members (excludes halogenated alkanes) is 1. The van der Waals surface area contributed by atoms with Crippen LogP contribution in [-0.4, -0.2) is 35.6 Å². The summed E-state index contributed by atoms with van der Waals surface area (Å²) in [5.74, 6) is 1.70. The minimum atomic E-state index is -4.32. The molecule has 0 amide bonds. The summed E-state index contributed by atoms with van der Waals surface area (Å²) in [6, 6.07) is 5.75. The van der Waals surface area contributed by atoms with Gasteiger partial charge in [0.15, 0.2) is 5.96 Å². The molecule has 1 aromatic heterocycles. The molecule has 0 spiro atoms. The third kappa shape index (κ3) is 5.34. The molecule has 1 fully saturated rings. The fraction of sp³-hybridized carbons (Fsp3) is 0.545. The molecule has 2 aromatic rings. The maximum absolute atomic E-state index is 13.1. The zero-order chi connectivity index (χ0) is 21.6. The highest BCUT2D eigenvalue weighted by atomic mass is 19.4. The van der Waals surface area contributed by atoms with E-state index in [2.05, 4.69) is 25.2 Å². The van der Waals surface area contributed by atoms with E-state index in [1.807, 2.05) is 19.2 Å². The summed E-state index contributed by atoms with van der Waals surface area (Å²) < 4.78 is 41.5. The summed E-state index contributed by atoms with van der Waals surface area (Å²) in [4.78, 5) is 8.48. The Kier molecular flexibility index (Phi) is 7.05. The second kappa shape index (κ2) is 9.53. The minimum Gasteiger partial charge on any atom is -0.356 e. The molecular weight excluding hydrogens is 391 g/mol. The molecule has 1 aliphatic rings. The van der Waals surface area contributed by atoms with Gasteiger partial charge in [0.2, 0.25) is 0 Å². The van der Waals surface area contributed by atoms with Gasteiger partial charge in [-0.1, -0.05) is 24.6 Å². The molecule has 5 nitrogen and oxygen atoms in total. The Labute approximate surface area is 175 Å². The number of guanidine groups is 1. The van der Waals surface area contributed by atoms with E-state index in [9.17, 15) is 13.2 Å². The quantitative estimate of drug-likeness (QED) is 0.380. The number of aromatic nitrogens is 2. The molecular formula is C22H30F3N5. The first-order valence-electron chi connectivity index (χ1n) is 10.4. The van der Waals surface area contributed by atoms with E-state index < -0.39 is 11.7 Å². The predicted octanol–water partition coefficient (Wildman–Crippen LogP) is 4.28. The highest BCUT2D eigenvalue weighted by molar-refractivity contribution is 5.79. The summed E-state index contributed by atoms with van der Waals surface area (Å²) in [6.45, 7) is 4.27. The summed E-state index contributed by atoms with van der Waals surface area (Å²) >= 11 is 0. The van der Waals surface area contributed by atoms with E-state index in [0.29, 0.717) is 12.5 Å². The number of imidazole rings is 1. The van der Waals surface area contributed by atoms with Crippen LogP contribution in [0.25, 0.3) is 0 Å². The molecule has 0 saturated heterocycles. The Hall–Kier alpha value is -2.51. The number of aryl methyl sites for hydroxylation is 2. The highest BCUT2D eigenvalue weighted by Crippen LogP contribution is 2.44. The van der Waals surface area contributed by atoms with E-state index in [1.54, 1.807) is 13.2 Å². The predicted molar refractivity (Wildman–Crippen MR) is 113 cm³/mol. The largest absolute Gasteiger partial charge is 0.416 e. The van der Waals surface area contributed by atoms with Crippen LogP contribution in [0.5, 0.6) is 0 Å². The number of nitrogens with one attached hydrogen (secondary N) is 2. The summed E-state index contributed by atoms with van der Waals surface area (Å²) in [5, 5.41) is 6.63. The van der Waals surface area contributed by atoms with Crippen molar-refractivity contribution in [3.8, 4) is 0 Å². The van der Waals surface area contributed by atoms with Crippen molar-refractivity contribution in [1.82, 2.24) is 20.2 Å². The molecule has 30 heavy (non-hydrogen) atoms. The van der Waals surface area contributed by atoms with Crippen molar-refractivity contribution in [2.24, 2.45) is 4.99 Å². The van der Waals surface area contributed by atoms with E-state index >= 15 is 0 Å². The summed E-state index contributed by atoms with van der Waals surface area (Å²) in [6.07, 6.45) is 4.26. The molecule has 1 aliphatic carbocycles. The van der Waals surface area contributed by atoms with Crippen molar-refractivity contribution in [2.75, 3.05) is 20.1 Å². The van der Waals surface area contributed by atoms with Gasteiger partial charge in [0.1, 0.15) is 5.82 Å². The number of halogens is 3. The third-order valence-electron chi connectivity index (χ3n) is 5.97. The highest BCUT2D eigenvalue weighted by Gasteiger charge is 2.40. The number of hydrogen-bond acceptors (Lipinski definition) is 2. The molecule has 0 unspecified atom stereocenters. The average molecular weight is 422 g/mol. The van der Waals surface area contributed by atoms with Gasteiger partial charge in [0.25, 0.3) is 0 Å². The van der Waals surface area contributed by atoms with Crippen LogP contribution in [0.4, 0.5) is 13.2 Å². The molecule has 8 heteroatoms. The van der Waals surface area contributed by atoms with Crippen molar-refractivity contribution in [3.63, 3.8) is 0 Å². The van der Waals surface area contributed by atoms with Gasteiger partial charge in [-0.3, -0.25) is 4.99 Å². The van der Waals surface area contributed by atoms with Crippen LogP contribution < -0.4 is 10.6 Å². The van der Waals surface area contributed by atoms with Crippen molar-refractivity contribution >= 4 is 5.96 Å². The number of aliphatic imine (C=N–C) groups is 1. The topological polar surface area (TPSA) is 54.2 Å². The lowest BCUT2D eigenvalue weighted by Crippen LogP contribution is -2.49. The molecule has 1 saturated carbocycles. The minimum absolute atomic E-state index is 0.266. The zero-order valence-electron chi connectivity index (χ0n) is 17.6. The lowest BCUT2D eigenvalue weighted by Gasteiger charge is -2.43. The first-order valence-corrected chi connectivity index (χ1v) is 10.4. The van der Waals surface area contributed by atoms with Gasteiger partial charge in [-0.15, -0.1) is 0 Å². The first-order chi connectivity index (χ1) is 14.3. The van der Waals surface area contributed by atoms with Crippen LogP contribution in [0.2, 0.25) is 0 Å². The maximum Gasteiger partial charge on any atom is 0.416 e. The lowest BCUT2D eigenvalue weighted by molar-refractivity contribution is -0.137. The Bertz CT molecular complexity index is 852. The molecule has 0 radical (unpaired) electrons. The van der Waals surface area contributed by atoms with Crippen LogP contribution in [-0.2, 0) is 18.1 Å². The Morgan fingerprint density at radius 1 is 1.23 bits per heavy atom. The maximum atomic E-state index is 13.1. The van der Waals surface area contributed by atoms with Crippen molar-refractivity contribution in [1.29, 1.82) is 0 Å². The molecule has 2 N–H and O–H groups in total. The standard InChI is InChI=1S/C22H30F3N5/c1-17-27-12-14-30(17)13-4-3-11-28-20(26-2)29-16-21(9-6-10-21)18-7-5-8-19(15-18)22(23,24)25/h5,7-8,12,14-15H,3-4,6,9-11,13,16H2,1-2H3,(H2,26,28,29). The fourth-order valence-electron chi connectivity index (χ4n) is 3.92. The normalized spacial score (nSPS) is 16.2. The third-order valence-corrected chi connectivity index (χ3v) is 5.97. The van der Waals surface area contributed by atoms with Crippen LogP contribution >= 0.6 is 0 Å². The van der Waals surface area contributed by atoms with E-state index in [4.69, 9.17) is 0 Å². The van der Waals surface area contributed by atoms with Crippen molar-refractivity contribution in [3.05, 3.63) is 53.6 Å². The molecule has 1 aromatic carbocycles. The Morgan fingerprint density at radius 3 is 2.63 bits per heavy atom. The van der Waals surface area contributed by atoms with Crippen LogP contribution in [0.15, 0.2) is 41.7 Å². The van der Waals surface area contributed by atoms with E-state index in [0.717, 1.165) is 62.6 Å². The van der Waals surface area contributed by atoms with Crippen molar-refractivity contribution in [2.45, 2.75) is 57.2 Å². The number of nitrogens with zero attached hydrogens (tertiary/aromatic N) is 3. The van der Waals surface area contributed by atoms with Gasteiger partial charge in [-0.2, -0.15) is 13.2 Å². The van der Waals surface area contributed by atoms with Gasteiger partial charge < -0.3 is 15.2 Å². The number of hydrogen-bond donors (Lipinski definition) is 2. The van der Waals surface area contributed by atoms with Crippen LogP contribution in [0.3, 0.4) is 0 Å². The van der Waals surface area contributed by atoms with Crippen molar-refractivity contribution < 1.29 is 13.2 Å². The Morgan fingerprint density at radius 2 is 2.03 bits per heavy atom. The van der Waals surface area contributed by atoms with E-state index in [1.165, 1.54) is 12.1 Å². The lowest BCUT2D eigenvalue weighted by atomic mass is 9.64. The number of alkyl halides is 3. The molecule has 0 aliphatic heterocycles. The zero-order valence-corrected chi connectivity index (χ0v) is 17.6. The van der Waals surface area contributed by atoms with Gasteiger partial charge in [0.05, 0.1) is 5.56 Å². The van der Waals surface area contributed by atoms with E-state index in [-0.39, 0.29) is 5.41 Å². The second-order valence-electron chi connectivity index (χ2n) is 7.94. The molecule has 3 rings (SSSR count).